The Kier molecular flexibility index (Phi) is 4.69. The Morgan fingerprint density at radius 1 is 1.36 bits per heavy atom. The van der Waals surface area contributed by atoms with Crippen molar-refractivity contribution in [3.8, 4) is 0 Å². The van der Waals surface area contributed by atoms with Gasteiger partial charge in [0.2, 0.25) is 0 Å². The van der Waals surface area contributed by atoms with Gasteiger partial charge in [-0.05, 0) is 6.92 Å². The fraction of sp³-hybridized carbons (Fsp3) is 0.778. The molecule has 5 heteroatoms. The van der Waals surface area contributed by atoms with Crippen molar-refractivity contribution >= 4 is 6.09 Å². The molecular weight excluding hydrogens is 184 g/mol. The molecule has 0 aromatic rings. The zero-order valence-corrected chi connectivity index (χ0v) is 8.31. The summed E-state index contributed by atoms with van der Waals surface area (Å²) in [6.07, 6.45) is -0.288. The van der Waals surface area contributed by atoms with Crippen molar-refractivity contribution in [3.63, 3.8) is 0 Å². The van der Waals surface area contributed by atoms with Crippen LogP contribution in [0.2, 0.25) is 0 Å². The summed E-state index contributed by atoms with van der Waals surface area (Å²) in [7, 11) is 0. The first-order valence-electron chi connectivity index (χ1n) is 4.82. The molecule has 1 aliphatic heterocycles. The number of hydrogen-bond acceptors (Lipinski definition) is 4. The number of nitrogens with zero attached hydrogens (tertiary/aromatic N) is 2. The molecule has 1 heterocycles. The first kappa shape index (κ1) is 11.3. The van der Waals surface area contributed by atoms with Crippen LogP contribution in [0.5, 0.6) is 0 Å². The number of hydrogen-bond donors (Lipinski definition) is 1. The van der Waals surface area contributed by atoms with Gasteiger partial charge < -0.3 is 14.7 Å². The molecule has 0 aliphatic carbocycles. The molecule has 1 fully saturated rings. The van der Waals surface area contributed by atoms with Crippen molar-refractivity contribution in [1.82, 2.24) is 9.80 Å². The monoisotopic (exact) mass is 201 g/mol. The number of carbonyl (C=O) groups is 1. The van der Waals surface area contributed by atoms with Crippen LogP contribution < -0.4 is 0 Å². The van der Waals surface area contributed by atoms with Gasteiger partial charge in [0.15, 0.2) is 0 Å². The van der Waals surface area contributed by atoms with Gasteiger partial charge in [-0.3, -0.25) is 4.90 Å². The lowest BCUT2D eigenvalue weighted by Gasteiger charge is -2.33. The first-order chi connectivity index (χ1) is 6.77. The minimum Gasteiger partial charge on any atom is -0.449 e. The third kappa shape index (κ3) is 3.16. The van der Waals surface area contributed by atoms with Gasteiger partial charge in [-0.15, -0.1) is 0 Å². The average Bonchev–Trinajstić information content (AvgIpc) is 2.20. The molecule has 0 aromatic carbocycles. The number of amides is 1. The summed E-state index contributed by atoms with van der Waals surface area (Å²) in [4.78, 5) is 15.0. The lowest BCUT2D eigenvalue weighted by atomic mass is 10.3. The molecule has 0 bridgehead atoms. The summed E-state index contributed by atoms with van der Waals surface area (Å²) in [6.45, 7) is 7.40. The maximum absolute atomic E-state index is 11.3. The number of rotatable bonds is 3. The number of β-amino-alcohol motifs (C(OH)–C–C–N with tert-alkyl or cyclic N) is 1. The van der Waals surface area contributed by atoms with Crippen LogP contribution in [0, 0.1) is 6.92 Å². The van der Waals surface area contributed by atoms with E-state index in [0.29, 0.717) is 19.6 Å². The fourth-order valence-electron chi connectivity index (χ4n) is 1.47. The van der Waals surface area contributed by atoms with Gasteiger partial charge in [-0.1, -0.05) is 0 Å². The van der Waals surface area contributed by atoms with E-state index < -0.39 is 0 Å². The molecule has 1 rings (SSSR count). The Labute approximate surface area is 84.2 Å². The second-order valence-electron chi connectivity index (χ2n) is 3.17. The predicted octanol–water partition coefficient (Wildman–Crippen LogP) is -0.433. The SMILES string of the molecule is [CH2]COC(=O)N1CCN(CCO)CC1. The summed E-state index contributed by atoms with van der Waals surface area (Å²) in [5.41, 5.74) is 0. The molecule has 1 amide bonds. The largest absolute Gasteiger partial charge is 0.449 e. The van der Waals surface area contributed by atoms with Crippen molar-refractivity contribution in [2.45, 2.75) is 0 Å². The lowest BCUT2D eigenvalue weighted by molar-refractivity contribution is 0.0774. The van der Waals surface area contributed by atoms with E-state index >= 15 is 0 Å². The van der Waals surface area contributed by atoms with Gasteiger partial charge in [0.05, 0.1) is 13.2 Å². The van der Waals surface area contributed by atoms with Crippen LogP contribution in [0.25, 0.3) is 0 Å². The van der Waals surface area contributed by atoms with Crippen LogP contribution in [0.15, 0.2) is 0 Å². The van der Waals surface area contributed by atoms with Gasteiger partial charge in [0.1, 0.15) is 0 Å². The highest BCUT2D eigenvalue weighted by atomic mass is 16.6. The van der Waals surface area contributed by atoms with Crippen LogP contribution in [0.4, 0.5) is 4.79 Å². The van der Waals surface area contributed by atoms with Crippen LogP contribution in [-0.2, 0) is 4.74 Å². The van der Waals surface area contributed by atoms with Gasteiger partial charge in [0, 0.05) is 32.7 Å². The Hall–Kier alpha value is -0.810. The Morgan fingerprint density at radius 3 is 2.50 bits per heavy atom. The van der Waals surface area contributed by atoms with Crippen molar-refractivity contribution in [2.24, 2.45) is 0 Å². The minimum atomic E-state index is -0.288. The van der Waals surface area contributed by atoms with Crippen molar-refractivity contribution in [2.75, 3.05) is 45.9 Å². The molecule has 1 saturated heterocycles. The summed E-state index contributed by atoms with van der Waals surface area (Å²) in [6, 6.07) is 0. The number of ether oxygens (including phenoxy) is 1. The van der Waals surface area contributed by atoms with E-state index in [1.165, 1.54) is 0 Å². The molecule has 0 aromatic heterocycles. The molecule has 1 aliphatic rings. The molecule has 0 unspecified atom stereocenters. The maximum atomic E-state index is 11.3. The molecule has 0 saturated carbocycles. The van der Waals surface area contributed by atoms with E-state index in [4.69, 9.17) is 9.84 Å². The zero-order chi connectivity index (χ0) is 10.4. The molecule has 1 radical (unpaired) electrons. The molecule has 5 nitrogen and oxygen atoms in total. The minimum absolute atomic E-state index is 0.170. The van der Waals surface area contributed by atoms with Crippen LogP contribution in [0.1, 0.15) is 0 Å². The molecule has 14 heavy (non-hydrogen) atoms. The Morgan fingerprint density at radius 2 is 2.00 bits per heavy atom. The van der Waals surface area contributed by atoms with E-state index in [9.17, 15) is 4.79 Å². The van der Waals surface area contributed by atoms with Crippen LogP contribution in [-0.4, -0.2) is 66.9 Å². The molecule has 0 atom stereocenters. The zero-order valence-electron chi connectivity index (χ0n) is 8.31. The fourth-order valence-corrected chi connectivity index (χ4v) is 1.47. The smallest absolute Gasteiger partial charge is 0.409 e. The molecule has 1 N–H and O–H groups in total. The Balaban J connectivity index is 2.24. The maximum Gasteiger partial charge on any atom is 0.409 e. The highest BCUT2D eigenvalue weighted by molar-refractivity contribution is 5.67. The van der Waals surface area contributed by atoms with Crippen molar-refractivity contribution in [3.05, 3.63) is 6.92 Å². The number of aliphatic hydroxyl groups excluding tert-OH is 1. The van der Waals surface area contributed by atoms with Crippen molar-refractivity contribution in [1.29, 1.82) is 0 Å². The number of aliphatic hydroxyl groups is 1. The standard InChI is InChI=1S/C9H17N2O3/c1-2-14-9(13)11-5-3-10(4-6-11)7-8-12/h12H,1-8H2. The van der Waals surface area contributed by atoms with Gasteiger partial charge in [-0.2, -0.15) is 0 Å². The van der Waals surface area contributed by atoms with Gasteiger partial charge in [0.25, 0.3) is 0 Å². The summed E-state index contributed by atoms with van der Waals surface area (Å²) in [5.74, 6) is 0. The second-order valence-corrected chi connectivity index (χ2v) is 3.17. The molecule has 81 valence electrons. The van der Waals surface area contributed by atoms with Gasteiger partial charge in [-0.25, -0.2) is 4.79 Å². The van der Waals surface area contributed by atoms with E-state index in [-0.39, 0.29) is 19.3 Å². The summed E-state index contributed by atoms with van der Waals surface area (Å²) >= 11 is 0. The quantitative estimate of drug-likeness (QED) is 0.673. The van der Waals surface area contributed by atoms with E-state index in [1.807, 2.05) is 0 Å². The van der Waals surface area contributed by atoms with E-state index in [1.54, 1.807) is 4.90 Å². The normalized spacial score (nSPS) is 18.3. The van der Waals surface area contributed by atoms with E-state index in [2.05, 4.69) is 11.8 Å². The van der Waals surface area contributed by atoms with Crippen molar-refractivity contribution < 1.29 is 14.6 Å². The highest BCUT2D eigenvalue weighted by Crippen LogP contribution is 2.02. The van der Waals surface area contributed by atoms with E-state index in [0.717, 1.165) is 13.1 Å². The summed E-state index contributed by atoms with van der Waals surface area (Å²) in [5, 5.41) is 8.72. The topological polar surface area (TPSA) is 53.0 Å². The lowest BCUT2D eigenvalue weighted by Crippen LogP contribution is -2.49. The molecule has 0 spiro atoms. The van der Waals surface area contributed by atoms with Crippen LogP contribution in [0.3, 0.4) is 0 Å². The van der Waals surface area contributed by atoms with Crippen LogP contribution >= 0.6 is 0 Å². The first-order valence-corrected chi connectivity index (χ1v) is 4.82. The second kappa shape index (κ2) is 5.82. The Bertz CT molecular complexity index is 179. The molecular formula is C9H17N2O3. The summed E-state index contributed by atoms with van der Waals surface area (Å²) < 4.78 is 4.78. The van der Waals surface area contributed by atoms with Gasteiger partial charge >= 0.3 is 6.09 Å². The number of piperazine rings is 1. The predicted molar refractivity (Wildman–Crippen MR) is 51.8 cm³/mol. The average molecular weight is 201 g/mol. The third-order valence-electron chi connectivity index (χ3n) is 2.27. The number of carbonyl (C=O) groups excluding carboxylic acids is 1. The highest BCUT2D eigenvalue weighted by Gasteiger charge is 2.20. The third-order valence-corrected chi connectivity index (χ3v) is 2.27.